The van der Waals surface area contributed by atoms with Gasteiger partial charge in [-0.25, -0.2) is 0 Å². The Labute approximate surface area is 89.2 Å². The van der Waals surface area contributed by atoms with Crippen molar-refractivity contribution in [2.75, 3.05) is 19.8 Å². The molecule has 15 heavy (non-hydrogen) atoms. The zero-order valence-electron chi connectivity index (χ0n) is 8.56. The molecule has 0 spiro atoms. The monoisotopic (exact) mass is 211 g/mol. The topological polar surface area (TPSA) is 72.7 Å². The second kappa shape index (κ2) is 6.40. The van der Waals surface area contributed by atoms with E-state index in [0.717, 1.165) is 5.56 Å². The largest absolute Gasteiger partial charge is 0.508 e. The Balaban J connectivity index is 2.34. The lowest BCUT2D eigenvalue weighted by Gasteiger charge is -2.13. The number of hydrogen-bond donors (Lipinski definition) is 4. The molecular formula is C11H17NO3. The number of aliphatic hydroxyl groups is 2. The fraction of sp³-hybridized carbons (Fsp3) is 0.455. The lowest BCUT2D eigenvalue weighted by atomic mass is 10.1. The molecule has 0 aliphatic carbocycles. The van der Waals surface area contributed by atoms with Crippen LogP contribution in [-0.2, 0) is 6.42 Å². The Morgan fingerprint density at radius 1 is 1.13 bits per heavy atom. The maximum Gasteiger partial charge on any atom is 0.118 e. The molecule has 4 N–H and O–H groups in total. The van der Waals surface area contributed by atoms with Crippen molar-refractivity contribution in [3.8, 4) is 5.75 Å². The molecule has 0 heterocycles. The van der Waals surface area contributed by atoms with Gasteiger partial charge >= 0.3 is 0 Å². The van der Waals surface area contributed by atoms with Gasteiger partial charge in [-0.1, -0.05) is 18.2 Å². The van der Waals surface area contributed by atoms with Crippen molar-refractivity contribution in [1.82, 2.24) is 5.32 Å². The van der Waals surface area contributed by atoms with E-state index < -0.39 is 0 Å². The summed E-state index contributed by atoms with van der Waals surface area (Å²) in [5, 5.41) is 30.1. The van der Waals surface area contributed by atoms with E-state index in [9.17, 15) is 5.11 Å². The van der Waals surface area contributed by atoms with Crippen molar-refractivity contribution in [2.45, 2.75) is 12.5 Å². The normalized spacial score (nSPS) is 10.9. The van der Waals surface area contributed by atoms with Crippen molar-refractivity contribution >= 4 is 0 Å². The van der Waals surface area contributed by atoms with Crippen LogP contribution in [0.15, 0.2) is 24.3 Å². The second-order valence-corrected chi connectivity index (χ2v) is 3.39. The van der Waals surface area contributed by atoms with Crippen molar-refractivity contribution < 1.29 is 15.3 Å². The molecule has 0 fully saturated rings. The molecule has 1 aromatic rings. The van der Waals surface area contributed by atoms with Gasteiger partial charge in [0, 0.05) is 0 Å². The van der Waals surface area contributed by atoms with Gasteiger partial charge < -0.3 is 20.6 Å². The maximum absolute atomic E-state index is 9.46. The van der Waals surface area contributed by atoms with Crippen molar-refractivity contribution in [3.63, 3.8) is 0 Å². The molecule has 4 nitrogen and oxygen atoms in total. The van der Waals surface area contributed by atoms with Gasteiger partial charge in [0.25, 0.3) is 0 Å². The standard InChI is InChI=1S/C11H17NO3/c13-7-10(8-14)12-6-5-9-3-1-2-4-11(9)15/h1-4,10,12-15H,5-8H2. The van der Waals surface area contributed by atoms with E-state index in [1.807, 2.05) is 12.1 Å². The van der Waals surface area contributed by atoms with Gasteiger partial charge in [0.2, 0.25) is 0 Å². The van der Waals surface area contributed by atoms with E-state index in [-0.39, 0.29) is 25.0 Å². The average molecular weight is 211 g/mol. The Morgan fingerprint density at radius 2 is 1.80 bits per heavy atom. The highest BCUT2D eigenvalue weighted by molar-refractivity contribution is 5.31. The van der Waals surface area contributed by atoms with Crippen LogP contribution < -0.4 is 5.32 Å². The van der Waals surface area contributed by atoms with Crippen molar-refractivity contribution in [1.29, 1.82) is 0 Å². The number of para-hydroxylation sites is 1. The van der Waals surface area contributed by atoms with Crippen LogP contribution in [0.3, 0.4) is 0 Å². The number of nitrogens with one attached hydrogen (secondary N) is 1. The molecule has 84 valence electrons. The van der Waals surface area contributed by atoms with Gasteiger partial charge in [-0.05, 0) is 24.6 Å². The van der Waals surface area contributed by atoms with E-state index in [4.69, 9.17) is 10.2 Å². The third kappa shape index (κ3) is 3.87. The lowest BCUT2D eigenvalue weighted by molar-refractivity contribution is 0.171. The fourth-order valence-corrected chi connectivity index (χ4v) is 1.32. The first-order valence-corrected chi connectivity index (χ1v) is 5.00. The van der Waals surface area contributed by atoms with Gasteiger partial charge in [-0.3, -0.25) is 0 Å². The summed E-state index contributed by atoms with van der Waals surface area (Å²) in [5.74, 6) is 0.281. The molecule has 0 saturated heterocycles. The number of phenols is 1. The number of hydrogen-bond acceptors (Lipinski definition) is 4. The Morgan fingerprint density at radius 3 is 2.40 bits per heavy atom. The highest BCUT2D eigenvalue weighted by atomic mass is 16.3. The van der Waals surface area contributed by atoms with E-state index >= 15 is 0 Å². The first-order chi connectivity index (χ1) is 7.27. The molecule has 1 rings (SSSR count). The minimum Gasteiger partial charge on any atom is -0.508 e. The van der Waals surface area contributed by atoms with Crippen LogP contribution in [0, 0.1) is 0 Å². The number of aliphatic hydroxyl groups excluding tert-OH is 2. The van der Waals surface area contributed by atoms with Gasteiger partial charge in [0.15, 0.2) is 0 Å². The zero-order chi connectivity index (χ0) is 11.1. The molecule has 4 heteroatoms. The fourth-order valence-electron chi connectivity index (χ4n) is 1.32. The highest BCUT2D eigenvalue weighted by Crippen LogP contribution is 2.15. The molecule has 0 aliphatic heterocycles. The predicted octanol–water partition coefficient (Wildman–Crippen LogP) is -0.123. The Hall–Kier alpha value is -1.10. The van der Waals surface area contributed by atoms with Crippen LogP contribution in [0.5, 0.6) is 5.75 Å². The zero-order valence-corrected chi connectivity index (χ0v) is 8.56. The van der Waals surface area contributed by atoms with Crippen LogP contribution in [0.1, 0.15) is 5.56 Å². The quantitative estimate of drug-likeness (QED) is 0.529. The summed E-state index contributed by atoms with van der Waals surface area (Å²) in [5.41, 5.74) is 0.861. The summed E-state index contributed by atoms with van der Waals surface area (Å²) in [4.78, 5) is 0. The van der Waals surface area contributed by atoms with Crippen molar-refractivity contribution in [3.05, 3.63) is 29.8 Å². The Bertz CT molecular complexity index is 287. The molecule has 0 aliphatic rings. The number of aromatic hydroxyl groups is 1. The molecular weight excluding hydrogens is 194 g/mol. The van der Waals surface area contributed by atoms with Gasteiger partial charge in [-0.2, -0.15) is 0 Å². The van der Waals surface area contributed by atoms with E-state index in [2.05, 4.69) is 5.32 Å². The number of rotatable bonds is 6. The molecule has 0 bridgehead atoms. The summed E-state index contributed by atoms with van der Waals surface area (Å²) in [6.45, 7) is 0.442. The average Bonchev–Trinajstić information content (AvgIpc) is 2.27. The van der Waals surface area contributed by atoms with E-state index in [0.29, 0.717) is 13.0 Å². The molecule has 1 aromatic carbocycles. The smallest absolute Gasteiger partial charge is 0.118 e. The van der Waals surface area contributed by atoms with Gasteiger partial charge in [0.1, 0.15) is 5.75 Å². The molecule has 0 aromatic heterocycles. The highest BCUT2D eigenvalue weighted by Gasteiger charge is 2.04. The van der Waals surface area contributed by atoms with Crippen LogP contribution in [-0.4, -0.2) is 41.1 Å². The lowest BCUT2D eigenvalue weighted by Crippen LogP contribution is -2.36. The van der Waals surface area contributed by atoms with Crippen LogP contribution >= 0.6 is 0 Å². The third-order valence-electron chi connectivity index (χ3n) is 2.26. The minimum absolute atomic E-state index is 0.0860. The minimum atomic E-state index is -0.282. The Kier molecular flexibility index (Phi) is 5.10. The summed E-state index contributed by atoms with van der Waals surface area (Å²) in [7, 11) is 0. The predicted molar refractivity (Wildman–Crippen MR) is 57.8 cm³/mol. The van der Waals surface area contributed by atoms with Crippen LogP contribution in [0.4, 0.5) is 0 Å². The molecule has 0 radical (unpaired) electrons. The summed E-state index contributed by atoms with van der Waals surface area (Å²) < 4.78 is 0. The van der Waals surface area contributed by atoms with Gasteiger partial charge in [0.05, 0.1) is 19.3 Å². The first-order valence-electron chi connectivity index (χ1n) is 5.00. The van der Waals surface area contributed by atoms with Gasteiger partial charge in [-0.15, -0.1) is 0 Å². The third-order valence-corrected chi connectivity index (χ3v) is 2.26. The summed E-state index contributed by atoms with van der Waals surface area (Å²) in [6, 6.07) is 6.85. The van der Waals surface area contributed by atoms with E-state index in [1.165, 1.54) is 0 Å². The van der Waals surface area contributed by atoms with Crippen molar-refractivity contribution in [2.24, 2.45) is 0 Å². The molecule has 0 amide bonds. The SMILES string of the molecule is OCC(CO)NCCc1ccccc1O. The number of phenolic OH excluding ortho intramolecular Hbond substituents is 1. The number of benzene rings is 1. The van der Waals surface area contributed by atoms with E-state index in [1.54, 1.807) is 12.1 Å². The summed E-state index contributed by atoms with van der Waals surface area (Å²) >= 11 is 0. The van der Waals surface area contributed by atoms with Crippen LogP contribution in [0.25, 0.3) is 0 Å². The van der Waals surface area contributed by atoms with Crippen LogP contribution in [0.2, 0.25) is 0 Å². The second-order valence-electron chi connectivity index (χ2n) is 3.39. The first kappa shape index (κ1) is 12.0. The summed E-state index contributed by atoms with van der Waals surface area (Å²) in [6.07, 6.45) is 0.670. The molecule has 0 unspecified atom stereocenters. The molecule has 0 atom stereocenters. The maximum atomic E-state index is 9.46. The molecule has 0 saturated carbocycles.